The van der Waals surface area contributed by atoms with Gasteiger partial charge in [0.2, 0.25) is 10.0 Å². The minimum absolute atomic E-state index is 0.186. The zero-order valence-electron chi connectivity index (χ0n) is 12.5. The number of aliphatic hydroxyl groups excluding tert-OH is 1. The van der Waals surface area contributed by atoms with Crippen LogP contribution in [0.2, 0.25) is 0 Å². The van der Waals surface area contributed by atoms with E-state index in [2.05, 4.69) is 37.3 Å². The summed E-state index contributed by atoms with van der Waals surface area (Å²) in [6.07, 6.45) is 0. The van der Waals surface area contributed by atoms with E-state index >= 15 is 0 Å². The van der Waals surface area contributed by atoms with Gasteiger partial charge in [-0.2, -0.15) is 0 Å². The highest BCUT2D eigenvalue weighted by molar-refractivity contribution is 7.89. The van der Waals surface area contributed by atoms with Gasteiger partial charge in [-0.3, -0.25) is 4.90 Å². The predicted octanol–water partition coefficient (Wildman–Crippen LogP) is 1.64. The molecule has 7 heteroatoms. The van der Waals surface area contributed by atoms with E-state index in [0.29, 0.717) is 30.1 Å². The average Bonchev–Trinajstić information content (AvgIpc) is 2.82. The number of hydrogen-bond donors (Lipinski definition) is 2. The van der Waals surface area contributed by atoms with Crippen molar-refractivity contribution in [1.82, 2.24) is 9.62 Å². The first-order valence-corrected chi connectivity index (χ1v) is 9.08. The predicted molar refractivity (Wildman–Crippen MR) is 82.4 cm³/mol. The molecule has 1 aromatic rings. The maximum atomic E-state index is 12.2. The van der Waals surface area contributed by atoms with Crippen LogP contribution in [0.15, 0.2) is 16.3 Å². The molecule has 116 valence electrons. The fraction of sp³-hybridized carbons (Fsp3) is 0.692. The van der Waals surface area contributed by atoms with Crippen LogP contribution in [-0.4, -0.2) is 43.6 Å². The van der Waals surface area contributed by atoms with E-state index in [9.17, 15) is 8.42 Å². The Morgan fingerprint density at radius 1 is 1.30 bits per heavy atom. The first-order valence-electron chi connectivity index (χ1n) is 6.72. The van der Waals surface area contributed by atoms with Crippen molar-refractivity contribution in [2.45, 2.75) is 51.3 Å². The average molecular weight is 320 g/mol. The largest absolute Gasteiger partial charge is 0.391 e. The molecule has 0 saturated heterocycles. The van der Waals surface area contributed by atoms with Gasteiger partial charge in [-0.25, -0.2) is 13.1 Å². The Hall–Kier alpha value is -0.470. The summed E-state index contributed by atoms with van der Waals surface area (Å²) < 4.78 is 26.9. The third-order valence-corrected chi connectivity index (χ3v) is 5.71. The quantitative estimate of drug-likeness (QED) is 0.764. The molecule has 20 heavy (non-hydrogen) atoms. The molecule has 0 radical (unpaired) electrons. The Morgan fingerprint density at radius 3 is 2.40 bits per heavy atom. The zero-order valence-corrected chi connectivity index (χ0v) is 14.1. The Labute approximate surface area is 125 Å². The molecule has 5 nitrogen and oxygen atoms in total. The third kappa shape index (κ3) is 4.53. The molecule has 0 saturated carbocycles. The molecular weight excluding hydrogens is 296 g/mol. The highest BCUT2D eigenvalue weighted by Crippen LogP contribution is 2.21. The summed E-state index contributed by atoms with van der Waals surface area (Å²) in [6, 6.07) is 2.27. The topological polar surface area (TPSA) is 69.6 Å². The lowest BCUT2D eigenvalue weighted by Crippen LogP contribution is -2.42. The van der Waals surface area contributed by atoms with E-state index in [1.54, 1.807) is 5.38 Å². The standard InChI is InChI=1S/C13H24N2O3S2/c1-10(2)15(11(3)4)7-6-14-20(17,18)13-5-8-19-12(13)9-16/h5,8,10-11,14,16H,6-7,9H2,1-4H3. The smallest absolute Gasteiger partial charge is 0.241 e. The van der Waals surface area contributed by atoms with Crippen molar-refractivity contribution in [3.05, 3.63) is 16.3 Å². The van der Waals surface area contributed by atoms with Crippen LogP contribution in [0.3, 0.4) is 0 Å². The van der Waals surface area contributed by atoms with Crippen molar-refractivity contribution in [1.29, 1.82) is 0 Å². The van der Waals surface area contributed by atoms with E-state index in [1.165, 1.54) is 17.4 Å². The number of rotatable bonds is 8. The zero-order chi connectivity index (χ0) is 15.3. The molecule has 0 amide bonds. The van der Waals surface area contributed by atoms with Crippen molar-refractivity contribution < 1.29 is 13.5 Å². The lowest BCUT2D eigenvalue weighted by molar-refractivity contribution is 0.179. The fourth-order valence-electron chi connectivity index (χ4n) is 2.18. The van der Waals surface area contributed by atoms with Gasteiger partial charge in [0.25, 0.3) is 0 Å². The van der Waals surface area contributed by atoms with Crippen molar-refractivity contribution in [2.75, 3.05) is 13.1 Å². The normalized spacial score (nSPS) is 12.8. The molecule has 0 fully saturated rings. The van der Waals surface area contributed by atoms with Gasteiger partial charge in [-0.05, 0) is 39.1 Å². The van der Waals surface area contributed by atoms with E-state index < -0.39 is 10.0 Å². The molecule has 0 unspecified atom stereocenters. The number of hydrogen-bond acceptors (Lipinski definition) is 5. The van der Waals surface area contributed by atoms with Crippen LogP contribution >= 0.6 is 11.3 Å². The molecule has 1 heterocycles. The SMILES string of the molecule is CC(C)N(CCNS(=O)(=O)c1ccsc1CO)C(C)C. The van der Waals surface area contributed by atoms with Crippen LogP contribution in [-0.2, 0) is 16.6 Å². The van der Waals surface area contributed by atoms with Gasteiger partial charge in [0.1, 0.15) is 0 Å². The van der Waals surface area contributed by atoms with Crippen LogP contribution in [0.25, 0.3) is 0 Å². The van der Waals surface area contributed by atoms with Gasteiger partial charge in [-0.15, -0.1) is 11.3 Å². The van der Waals surface area contributed by atoms with Crippen LogP contribution in [0.1, 0.15) is 32.6 Å². The molecule has 0 spiro atoms. The maximum absolute atomic E-state index is 12.2. The Morgan fingerprint density at radius 2 is 1.90 bits per heavy atom. The highest BCUT2D eigenvalue weighted by Gasteiger charge is 2.20. The van der Waals surface area contributed by atoms with Crippen molar-refractivity contribution in [2.24, 2.45) is 0 Å². The maximum Gasteiger partial charge on any atom is 0.241 e. The molecule has 1 rings (SSSR count). The second-order valence-electron chi connectivity index (χ2n) is 5.19. The number of sulfonamides is 1. The summed E-state index contributed by atoms with van der Waals surface area (Å²) in [5.74, 6) is 0. The molecule has 0 aliphatic carbocycles. The second kappa shape index (κ2) is 7.51. The second-order valence-corrected chi connectivity index (χ2v) is 7.93. The van der Waals surface area contributed by atoms with Gasteiger partial charge in [0, 0.05) is 30.1 Å². The number of nitrogens with zero attached hydrogens (tertiary/aromatic N) is 1. The lowest BCUT2D eigenvalue weighted by atomic mass is 10.2. The van der Waals surface area contributed by atoms with E-state index in [-0.39, 0.29) is 11.5 Å². The monoisotopic (exact) mass is 320 g/mol. The molecule has 0 bridgehead atoms. The summed E-state index contributed by atoms with van der Waals surface area (Å²) in [7, 11) is -3.53. The first-order chi connectivity index (χ1) is 9.29. The Bertz CT molecular complexity index is 501. The first kappa shape index (κ1) is 17.6. The summed E-state index contributed by atoms with van der Waals surface area (Å²) >= 11 is 1.25. The van der Waals surface area contributed by atoms with Crippen LogP contribution in [0.5, 0.6) is 0 Å². The Kier molecular flexibility index (Phi) is 6.60. The van der Waals surface area contributed by atoms with Gasteiger partial charge in [0.05, 0.1) is 11.5 Å². The summed E-state index contributed by atoms with van der Waals surface area (Å²) in [4.78, 5) is 2.89. The molecule has 0 aliphatic heterocycles. The van der Waals surface area contributed by atoms with Crippen molar-refractivity contribution >= 4 is 21.4 Å². The van der Waals surface area contributed by atoms with Gasteiger partial charge in [-0.1, -0.05) is 0 Å². The molecule has 2 N–H and O–H groups in total. The number of aliphatic hydroxyl groups is 1. The molecule has 0 atom stereocenters. The van der Waals surface area contributed by atoms with Crippen LogP contribution < -0.4 is 4.72 Å². The summed E-state index contributed by atoms with van der Waals surface area (Å²) in [5, 5.41) is 10.8. The summed E-state index contributed by atoms with van der Waals surface area (Å²) in [5.41, 5.74) is 0. The van der Waals surface area contributed by atoms with Crippen LogP contribution in [0, 0.1) is 0 Å². The lowest BCUT2D eigenvalue weighted by Gasteiger charge is -2.30. The molecular formula is C13H24N2O3S2. The van der Waals surface area contributed by atoms with Gasteiger partial charge < -0.3 is 5.11 Å². The van der Waals surface area contributed by atoms with Gasteiger partial charge in [0.15, 0.2) is 0 Å². The van der Waals surface area contributed by atoms with E-state index in [4.69, 9.17) is 5.11 Å². The third-order valence-electron chi connectivity index (χ3n) is 3.13. The molecule has 0 aromatic carbocycles. The summed E-state index contributed by atoms with van der Waals surface area (Å²) in [6.45, 7) is 9.15. The highest BCUT2D eigenvalue weighted by atomic mass is 32.2. The fourth-order valence-corrected chi connectivity index (χ4v) is 4.50. The number of thiophene rings is 1. The van der Waals surface area contributed by atoms with E-state index in [1.807, 2.05) is 0 Å². The molecule has 1 aromatic heterocycles. The van der Waals surface area contributed by atoms with Gasteiger partial charge >= 0.3 is 0 Å². The Balaban J connectivity index is 2.65. The van der Waals surface area contributed by atoms with Crippen molar-refractivity contribution in [3.8, 4) is 0 Å². The minimum atomic E-state index is -3.53. The van der Waals surface area contributed by atoms with E-state index in [0.717, 1.165) is 0 Å². The number of nitrogens with one attached hydrogen (secondary N) is 1. The molecule has 0 aliphatic rings. The minimum Gasteiger partial charge on any atom is -0.391 e. The van der Waals surface area contributed by atoms with Crippen LogP contribution in [0.4, 0.5) is 0 Å². The van der Waals surface area contributed by atoms with Crippen molar-refractivity contribution in [3.63, 3.8) is 0 Å².